The molecule has 0 aromatic carbocycles. The van der Waals surface area contributed by atoms with Gasteiger partial charge in [0.2, 0.25) is 5.96 Å². The number of nitrogens with zero attached hydrogens (tertiary/aromatic N) is 2. The number of amides is 1. The van der Waals surface area contributed by atoms with Gasteiger partial charge in [-0.2, -0.15) is 0 Å². The molecule has 1 heterocycles. The van der Waals surface area contributed by atoms with Gasteiger partial charge in [-0.05, 0) is 6.92 Å². The average Bonchev–Trinajstić information content (AvgIpc) is 1.98. The Kier molecular flexibility index (Phi) is 2.18. The standard InChI is InChI=1S/C6H11N5O/c1-4-2-9-3-11(5(4)12)10-6(7)8/h2,9H,3H2,1H3,(H4,7,8,10). The van der Waals surface area contributed by atoms with Gasteiger partial charge in [-0.1, -0.05) is 0 Å². The Morgan fingerprint density at radius 3 is 3.00 bits per heavy atom. The molecular formula is C6H11N5O. The van der Waals surface area contributed by atoms with Crippen LogP contribution in [-0.4, -0.2) is 23.5 Å². The van der Waals surface area contributed by atoms with Crippen LogP contribution in [0.25, 0.3) is 0 Å². The number of hydrazone groups is 1. The molecule has 1 rings (SSSR count). The Bertz CT molecular complexity index is 253. The van der Waals surface area contributed by atoms with Gasteiger partial charge in [0, 0.05) is 11.8 Å². The van der Waals surface area contributed by atoms with Crippen molar-refractivity contribution >= 4 is 11.9 Å². The van der Waals surface area contributed by atoms with Gasteiger partial charge in [-0.3, -0.25) is 4.79 Å². The van der Waals surface area contributed by atoms with Gasteiger partial charge in [0.1, 0.15) is 6.67 Å². The summed E-state index contributed by atoms with van der Waals surface area (Å²) in [5.41, 5.74) is 10.8. The van der Waals surface area contributed by atoms with Crippen LogP contribution in [-0.2, 0) is 4.79 Å². The molecular weight excluding hydrogens is 158 g/mol. The maximum absolute atomic E-state index is 11.3. The molecule has 0 unspecified atom stereocenters. The quantitative estimate of drug-likeness (QED) is 0.327. The van der Waals surface area contributed by atoms with Crippen molar-refractivity contribution in [1.82, 2.24) is 10.3 Å². The Morgan fingerprint density at radius 1 is 1.75 bits per heavy atom. The van der Waals surface area contributed by atoms with Crippen molar-refractivity contribution in [2.75, 3.05) is 6.67 Å². The third-order valence-corrected chi connectivity index (χ3v) is 1.37. The van der Waals surface area contributed by atoms with E-state index >= 15 is 0 Å². The molecule has 1 amide bonds. The molecule has 6 nitrogen and oxygen atoms in total. The SMILES string of the molecule is CC1=CNCN(N=C(N)N)C1=O. The zero-order chi connectivity index (χ0) is 9.14. The van der Waals surface area contributed by atoms with Gasteiger partial charge < -0.3 is 16.8 Å². The summed E-state index contributed by atoms with van der Waals surface area (Å²) in [5.74, 6) is -0.318. The molecule has 5 N–H and O–H groups in total. The molecule has 6 heteroatoms. The number of carbonyl (C=O) groups is 1. The number of hydrogen-bond donors (Lipinski definition) is 3. The van der Waals surface area contributed by atoms with E-state index in [2.05, 4.69) is 10.4 Å². The van der Waals surface area contributed by atoms with Crippen molar-refractivity contribution < 1.29 is 4.79 Å². The van der Waals surface area contributed by atoms with E-state index in [1.807, 2.05) is 0 Å². The molecule has 0 aromatic heterocycles. The second-order valence-electron chi connectivity index (χ2n) is 2.42. The van der Waals surface area contributed by atoms with Crippen LogP contribution in [0.3, 0.4) is 0 Å². The number of nitrogens with two attached hydrogens (primary N) is 2. The monoisotopic (exact) mass is 169 g/mol. The highest BCUT2D eigenvalue weighted by Gasteiger charge is 2.17. The van der Waals surface area contributed by atoms with E-state index in [1.165, 1.54) is 5.01 Å². The third kappa shape index (κ3) is 1.66. The summed E-state index contributed by atoms with van der Waals surface area (Å²) in [6, 6.07) is 0. The molecule has 0 saturated heterocycles. The van der Waals surface area contributed by atoms with Crippen molar-refractivity contribution in [3.05, 3.63) is 11.8 Å². The summed E-state index contributed by atoms with van der Waals surface area (Å²) >= 11 is 0. The first kappa shape index (κ1) is 8.38. The highest BCUT2D eigenvalue weighted by molar-refractivity contribution is 5.94. The highest BCUT2D eigenvalue weighted by Crippen LogP contribution is 2.03. The van der Waals surface area contributed by atoms with Gasteiger partial charge in [0.25, 0.3) is 5.91 Å². The summed E-state index contributed by atoms with van der Waals surface area (Å²) in [4.78, 5) is 11.3. The zero-order valence-corrected chi connectivity index (χ0v) is 6.74. The Balaban J connectivity index is 2.76. The minimum Gasteiger partial charge on any atom is -0.372 e. The molecule has 0 aliphatic carbocycles. The minimum absolute atomic E-state index is 0.125. The lowest BCUT2D eigenvalue weighted by Crippen LogP contribution is -2.41. The van der Waals surface area contributed by atoms with E-state index in [-0.39, 0.29) is 11.9 Å². The number of hydrogen-bond acceptors (Lipinski definition) is 3. The van der Waals surface area contributed by atoms with Crippen LogP contribution in [0.15, 0.2) is 16.9 Å². The molecule has 1 aliphatic rings. The topological polar surface area (TPSA) is 96.7 Å². The normalized spacial score (nSPS) is 16.6. The first-order valence-electron chi connectivity index (χ1n) is 3.43. The minimum atomic E-state index is -0.192. The lowest BCUT2D eigenvalue weighted by atomic mass is 10.3. The maximum atomic E-state index is 11.3. The second kappa shape index (κ2) is 3.12. The van der Waals surface area contributed by atoms with Crippen LogP contribution in [0.2, 0.25) is 0 Å². The van der Waals surface area contributed by atoms with E-state index in [0.717, 1.165) is 0 Å². The molecule has 0 spiro atoms. The van der Waals surface area contributed by atoms with Gasteiger partial charge in [-0.15, -0.1) is 5.10 Å². The van der Waals surface area contributed by atoms with Crippen LogP contribution in [0.4, 0.5) is 0 Å². The number of rotatable bonds is 1. The van der Waals surface area contributed by atoms with E-state index in [1.54, 1.807) is 13.1 Å². The van der Waals surface area contributed by atoms with E-state index < -0.39 is 0 Å². The predicted molar refractivity (Wildman–Crippen MR) is 44.4 cm³/mol. The van der Waals surface area contributed by atoms with E-state index in [4.69, 9.17) is 11.5 Å². The van der Waals surface area contributed by atoms with Gasteiger partial charge >= 0.3 is 0 Å². The van der Waals surface area contributed by atoms with Crippen molar-refractivity contribution in [2.45, 2.75) is 6.92 Å². The van der Waals surface area contributed by atoms with Crippen LogP contribution >= 0.6 is 0 Å². The number of guanidine groups is 1. The lowest BCUT2D eigenvalue weighted by molar-refractivity contribution is -0.128. The molecule has 1 aliphatic heterocycles. The first-order chi connectivity index (χ1) is 5.61. The average molecular weight is 169 g/mol. The van der Waals surface area contributed by atoms with Gasteiger partial charge in [-0.25, -0.2) is 5.01 Å². The fraction of sp³-hybridized carbons (Fsp3) is 0.333. The maximum Gasteiger partial charge on any atom is 0.272 e. The van der Waals surface area contributed by atoms with Gasteiger partial charge in [0.15, 0.2) is 0 Å². The fourth-order valence-corrected chi connectivity index (χ4v) is 0.842. The van der Waals surface area contributed by atoms with Crippen LogP contribution in [0, 0.1) is 0 Å². The summed E-state index contributed by atoms with van der Waals surface area (Å²) < 4.78 is 0. The number of nitrogens with one attached hydrogen (secondary N) is 1. The largest absolute Gasteiger partial charge is 0.372 e. The van der Waals surface area contributed by atoms with Crippen LogP contribution in [0.5, 0.6) is 0 Å². The Morgan fingerprint density at radius 2 is 2.42 bits per heavy atom. The van der Waals surface area contributed by atoms with E-state index in [0.29, 0.717) is 12.2 Å². The third-order valence-electron chi connectivity index (χ3n) is 1.37. The molecule has 0 aromatic rings. The van der Waals surface area contributed by atoms with E-state index in [9.17, 15) is 4.79 Å². The van der Waals surface area contributed by atoms with Crippen LogP contribution in [0.1, 0.15) is 6.92 Å². The smallest absolute Gasteiger partial charge is 0.272 e. The predicted octanol–water partition coefficient (Wildman–Crippen LogP) is -1.53. The lowest BCUT2D eigenvalue weighted by Gasteiger charge is -2.21. The molecule has 0 radical (unpaired) electrons. The number of carbonyl (C=O) groups excluding carboxylic acids is 1. The van der Waals surface area contributed by atoms with Crippen molar-refractivity contribution in [1.29, 1.82) is 0 Å². The molecule has 12 heavy (non-hydrogen) atoms. The summed E-state index contributed by atoms with van der Waals surface area (Å²) in [6.07, 6.45) is 1.63. The fourth-order valence-electron chi connectivity index (χ4n) is 0.842. The van der Waals surface area contributed by atoms with Crippen molar-refractivity contribution in [2.24, 2.45) is 16.6 Å². The molecule has 0 saturated carbocycles. The Labute approximate surface area is 69.9 Å². The first-order valence-corrected chi connectivity index (χ1v) is 3.43. The molecule has 0 fully saturated rings. The van der Waals surface area contributed by atoms with Crippen molar-refractivity contribution in [3.8, 4) is 0 Å². The summed E-state index contributed by atoms with van der Waals surface area (Å²) in [6.45, 7) is 1.98. The molecule has 0 bridgehead atoms. The van der Waals surface area contributed by atoms with Gasteiger partial charge in [0.05, 0.1) is 0 Å². The molecule has 0 atom stereocenters. The Hall–Kier alpha value is -1.72. The molecule has 66 valence electrons. The van der Waals surface area contributed by atoms with Crippen molar-refractivity contribution in [3.63, 3.8) is 0 Å². The highest BCUT2D eigenvalue weighted by atomic mass is 16.2. The second-order valence-corrected chi connectivity index (χ2v) is 2.42. The zero-order valence-electron chi connectivity index (χ0n) is 6.74. The van der Waals surface area contributed by atoms with Crippen LogP contribution < -0.4 is 16.8 Å². The summed E-state index contributed by atoms with van der Waals surface area (Å²) in [5, 5.41) is 7.64. The summed E-state index contributed by atoms with van der Waals surface area (Å²) in [7, 11) is 0.